The number of nitrogens with one attached hydrogen (secondary N) is 2. The zero-order valence-corrected chi connectivity index (χ0v) is 11.1. The summed E-state index contributed by atoms with van der Waals surface area (Å²) in [5.41, 5.74) is 0. The number of carboxylic acids is 1. The number of carboxylic acid groups (broad SMARTS) is 1. The van der Waals surface area contributed by atoms with Crippen LogP contribution < -0.4 is 10.6 Å². The van der Waals surface area contributed by atoms with Crippen molar-refractivity contribution in [2.24, 2.45) is 11.8 Å². The molecule has 2 fully saturated rings. The highest BCUT2D eigenvalue weighted by Gasteiger charge is 2.35. The van der Waals surface area contributed by atoms with E-state index in [-0.39, 0.29) is 19.2 Å². The Morgan fingerprint density at radius 1 is 1.16 bits per heavy atom. The van der Waals surface area contributed by atoms with Crippen molar-refractivity contribution in [3.8, 4) is 0 Å². The summed E-state index contributed by atoms with van der Waals surface area (Å²) in [6.07, 6.45) is 6.12. The summed E-state index contributed by atoms with van der Waals surface area (Å²) in [4.78, 5) is 22.7. The molecule has 0 aromatic carbocycles. The molecule has 0 bridgehead atoms. The summed E-state index contributed by atoms with van der Waals surface area (Å²) in [5, 5.41) is 14.5. The van der Waals surface area contributed by atoms with Gasteiger partial charge in [-0.05, 0) is 18.8 Å². The van der Waals surface area contributed by atoms with E-state index < -0.39 is 17.9 Å². The van der Waals surface area contributed by atoms with Crippen LogP contribution in [0.15, 0.2) is 0 Å². The zero-order chi connectivity index (χ0) is 13.7. The van der Waals surface area contributed by atoms with Gasteiger partial charge >= 0.3 is 12.0 Å². The Morgan fingerprint density at radius 3 is 2.58 bits per heavy atom. The van der Waals surface area contributed by atoms with E-state index in [4.69, 9.17) is 9.84 Å². The Bertz CT molecular complexity index is 329. The van der Waals surface area contributed by atoms with E-state index in [1.807, 2.05) is 0 Å². The molecule has 2 aliphatic rings. The van der Waals surface area contributed by atoms with Gasteiger partial charge in [0.05, 0.1) is 19.3 Å². The zero-order valence-electron chi connectivity index (χ0n) is 11.1. The third-order valence-electron chi connectivity index (χ3n) is 3.99. The maximum atomic E-state index is 11.7. The fourth-order valence-electron chi connectivity index (χ4n) is 2.79. The number of aliphatic carboxylic acids is 1. The minimum atomic E-state index is -0.921. The molecule has 1 saturated carbocycles. The molecular weight excluding hydrogens is 248 g/mol. The average Bonchev–Trinajstić information content (AvgIpc) is 2.86. The van der Waals surface area contributed by atoms with Crippen LogP contribution in [0.4, 0.5) is 4.79 Å². The third-order valence-corrected chi connectivity index (χ3v) is 3.99. The molecule has 2 unspecified atom stereocenters. The van der Waals surface area contributed by atoms with Gasteiger partial charge in [-0.1, -0.05) is 19.3 Å². The van der Waals surface area contributed by atoms with Gasteiger partial charge in [0.15, 0.2) is 0 Å². The van der Waals surface area contributed by atoms with Crippen LogP contribution in [-0.4, -0.2) is 42.9 Å². The topological polar surface area (TPSA) is 87.7 Å². The number of hydrogen-bond donors (Lipinski definition) is 3. The fourth-order valence-corrected chi connectivity index (χ4v) is 2.79. The fraction of sp³-hybridized carbons (Fsp3) is 0.846. The summed E-state index contributed by atoms with van der Waals surface area (Å²) in [7, 11) is 0. The van der Waals surface area contributed by atoms with Crippen LogP contribution in [0.1, 0.15) is 32.1 Å². The molecule has 0 radical (unpaired) electrons. The summed E-state index contributed by atoms with van der Waals surface area (Å²) in [6.45, 7) is 1.12. The van der Waals surface area contributed by atoms with Crippen molar-refractivity contribution in [2.75, 3.05) is 19.8 Å². The van der Waals surface area contributed by atoms with Crippen molar-refractivity contribution in [1.82, 2.24) is 10.6 Å². The molecule has 2 amide bonds. The van der Waals surface area contributed by atoms with Crippen LogP contribution in [0.5, 0.6) is 0 Å². The van der Waals surface area contributed by atoms with E-state index >= 15 is 0 Å². The average molecular weight is 270 g/mol. The van der Waals surface area contributed by atoms with E-state index in [2.05, 4.69) is 10.6 Å². The Morgan fingerprint density at radius 2 is 1.89 bits per heavy atom. The van der Waals surface area contributed by atoms with Gasteiger partial charge in [-0.25, -0.2) is 4.79 Å². The van der Waals surface area contributed by atoms with Crippen molar-refractivity contribution in [3.05, 3.63) is 0 Å². The lowest BCUT2D eigenvalue weighted by molar-refractivity contribution is -0.142. The molecule has 1 aliphatic heterocycles. The quantitative estimate of drug-likeness (QED) is 0.710. The normalized spacial score (nSPS) is 28.0. The Hall–Kier alpha value is -1.30. The molecule has 2 rings (SSSR count). The summed E-state index contributed by atoms with van der Waals surface area (Å²) in [5.74, 6) is -0.995. The summed E-state index contributed by atoms with van der Waals surface area (Å²) >= 11 is 0. The van der Waals surface area contributed by atoms with E-state index in [0.29, 0.717) is 12.5 Å². The highest BCUT2D eigenvalue weighted by atomic mass is 16.5. The molecule has 19 heavy (non-hydrogen) atoms. The number of ether oxygens (including phenoxy) is 1. The second-order valence-electron chi connectivity index (χ2n) is 5.45. The first kappa shape index (κ1) is 14.1. The van der Waals surface area contributed by atoms with Gasteiger partial charge in [0.1, 0.15) is 5.92 Å². The van der Waals surface area contributed by atoms with E-state index in [9.17, 15) is 9.59 Å². The van der Waals surface area contributed by atoms with Crippen LogP contribution in [-0.2, 0) is 9.53 Å². The third kappa shape index (κ3) is 4.09. The van der Waals surface area contributed by atoms with Gasteiger partial charge in [-0.15, -0.1) is 0 Å². The van der Waals surface area contributed by atoms with E-state index in [1.165, 1.54) is 32.1 Å². The highest BCUT2D eigenvalue weighted by molar-refractivity contribution is 5.77. The van der Waals surface area contributed by atoms with Crippen LogP contribution in [0.3, 0.4) is 0 Å². The van der Waals surface area contributed by atoms with Gasteiger partial charge in [-0.3, -0.25) is 4.79 Å². The standard InChI is InChI=1S/C13H22N2O4/c16-12(17)10-7-19-8-11(10)15-13(18)14-6-9-4-2-1-3-5-9/h9-11H,1-8H2,(H,16,17)(H2,14,15,18). The molecular formula is C13H22N2O4. The number of carbonyl (C=O) groups is 2. The smallest absolute Gasteiger partial charge is 0.315 e. The summed E-state index contributed by atoms with van der Waals surface area (Å²) in [6, 6.07) is -0.712. The predicted molar refractivity (Wildman–Crippen MR) is 68.8 cm³/mol. The van der Waals surface area contributed by atoms with Crippen molar-refractivity contribution in [2.45, 2.75) is 38.1 Å². The molecule has 1 saturated heterocycles. The molecule has 6 nitrogen and oxygen atoms in total. The van der Waals surface area contributed by atoms with Crippen LogP contribution in [0.2, 0.25) is 0 Å². The van der Waals surface area contributed by atoms with Crippen LogP contribution in [0.25, 0.3) is 0 Å². The molecule has 0 spiro atoms. The molecule has 6 heteroatoms. The predicted octanol–water partition coefficient (Wildman–Crippen LogP) is 0.965. The first-order valence-corrected chi connectivity index (χ1v) is 7.01. The molecule has 108 valence electrons. The number of amides is 2. The van der Waals surface area contributed by atoms with Gasteiger partial charge in [0.25, 0.3) is 0 Å². The van der Waals surface area contributed by atoms with Gasteiger partial charge in [0.2, 0.25) is 0 Å². The first-order chi connectivity index (χ1) is 9.16. The number of hydrogen-bond acceptors (Lipinski definition) is 3. The van der Waals surface area contributed by atoms with E-state index in [1.54, 1.807) is 0 Å². The minimum absolute atomic E-state index is 0.170. The lowest BCUT2D eigenvalue weighted by atomic mass is 9.89. The molecule has 0 aromatic heterocycles. The number of carbonyl (C=O) groups excluding carboxylic acids is 1. The van der Waals surface area contributed by atoms with Crippen LogP contribution >= 0.6 is 0 Å². The Kier molecular flexibility index (Phi) is 5.01. The number of rotatable bonds is 4. The van der Waals surface area contributed by atoms with E-state index in [0.717, 1.165) is 0 Å². The summed E-state index contributed by atoms with van der Waals surface area (Å²) < 4.78 is 5.10. The van der Waals surface area contributed by atoms with Gasteiger partial charge in [-0.2, -0.15) is 0 Å². The number of urea groups is 1. The second kappa shape index (κ2) is 6.75. The largest absolute Gasteiger partial charge is 0.481 e. The van der Waals surface area contributed by atoms with Crippen molar-refractivity contribution in [1.29, 1.82) is 0 Å². The van der Waals surface area contributed by atoms with Crippen molar-refractivity contribution < 1.29 is 19.4 Å². The van der Waals surface area contributed by atoms with Crippen molar-refractivity contribution >= 4 is 12.0 Å². The van der Waals surface area contributed by atoms with Gasteiger partial charge in [0, 0.05) is 6.54 Å². The maximum Gasteiger partial charge on any atom is 0.315 e. The first-order valence-electron chi connectivity index (χ1n) is 7.01. The van der Waals surface area contributed by atoms with Gasteiger partial charge < -0.3 is 20.5 Å². The molecule has 1 aliphatic carbocycles. The SMILES string of the molecule is O=C(NCC1CCCCC1)NC1COCC1C(=O)O. The minimum Gasteiger partial charge on any atom is -0.481 e. The Labute approximate surface area is 112 Å². The van der Waals surface area contributed by atoms with Crippen LogP contribution in [0, 0.1) is 11.8 Å². The lowest BCUT2D eigenvalue weighted by Crippen LogP contribution is -2.48. The van der Waals surface area contributed by atoms with Crippen molar-refractivity contribution in [3.63, 3.8) is 0 Å². The highest BCUT2D eigenvalue weighted by Crippen LogP contribution is 2.22. The molecule has 3 N–H and O–H groups in total. The second-order valence-corrected chi connectivity index (χ2v) is 5.45. The Balaban J connectivity index is 1.70. The lowest BCUT2D eigenvalue weighted by Gasteiger charge is -2.22. The monoisotopic (exact) mass is 270 g/mol. The maximum absolute atomic E-state index is 11.7. The molecule has 0 aromatic rings. The molecule has 1 heterocycles. The molecule has 2 atom stereocenters.